The Morgan fingerprint density at radius 1 is 0.470 bits per heavy atom. The van der Waals surface area contributed by atoms with Crippen LogP contribution in [0, 0.1) is 0 Å². The molecule has 2 saturated heterocycles. The highest BCUT2D eigenvalue weighted by Crippen LogP contribution is 2.37. The summed E-state index contributed by atoms with van der Waals surface area (Å²) < 4.78 is 89.1. The number of ether oxygens (including phenoxy) is 7. The van der Waals surface area contributed by atoms with Crippen LogP contribution in [0.3, 0.4) is 0 Å². The lowest BCUT2D eigenvalue weighted by Gasteiger charge is -2.44. The number of rotatable bonds is 23. The maximum absolute atomic E-state index is 13.0. The molecule has 11 nitrogen and oxygen atoms in total. The van der Waals surface area contributed by atoms with E-state index in [-0.39, 0.29) is 36.9 Å². The Morgan fingerprint density at radius 3 is 1.29 bits per heavy atom. The Bertz CT molecular complexity index is 2400. The predicted octanol–water partition coefficient (Wildman–Crippen LogP) is 8.68. The summed E-state index contributed by atoms with van der Waals surface area (Å²) in [5.74, 6) is 0.834. The third kappa shape index (κ3) is 14.1. The first-order chi connectivity index (χ1) is 32.3. The summed E-state index contributed by atoms with van der Waals surface area (Å²) in [5.41, 5.74) is 5.71. The molecule has 2 fully saturated rings. The average molecular weight is 934 g/mol. The molecule has 2 aliphatic heterocycles. The van der Waals surface area contributed by atoms with Gasteiger partial charge in [0.2, 0.25) is 0 Å². The van der Waals surface area contributed by atoms with Crippen molar-refractivity contribution < 1.29 is 50.3 Å². The Hall–Kier alpha value is -4.74. The summed E-state index contributed by atoms with van der Waals surface area (Å²) in [4.78, 5) is 0. The molecule has 346 valence electrons. The molecule has 1 N–H and O–H groups in total. The summed E-state index contributed by atoms with van der Waals surface area (Å²) in [6, 6.07) is 58.9. The molecule has 0 bridgehead atoms. The molecule has 0 amide bonds. The lowest BCUT2D eigenvalue weighted by molar-refractivity contribution is -0.311. The monoisotopic (exact) mass is 933 g/mol. The topological polar surface area (TPSA) is 128 Å². The first-order valence-corrected chi connectivity index (χ1v) is 25.2. The quantitative estimate of drug-likeness (QED) is 0.0490. The molecule has 2 heterocycles. The van der Waals surface area contributed by atoms with Gasteiger partial charge in [-0.2, -0.15) is 8.42 Å². The average Bonchev–Trinajstić information content (AvgIpc) is 3.67. The zero-order chi connectivity index (χ0) is 45.4. The SMILES string of the molecule is O=S(=O)(O)O[C@@H]1[C@H](OCc2ccccc2)[C@@H](OCc2ccccc2)[C@H](OCc2ccccc2)O[C@@H]1C[S+]1C[C@@H](OCc2ccccc2)[C@H](OCc2ccccc2)[C@H]1COCc1ccccc1. The Morgan fingerprint density at radius 2 is 0.848 bits per heavy atom. The van der Waals surface area contributed by atoms with Crippen molar-refractivity contribution in [2.24, 2.45) is 0 Å². The zero-order valence-corrected chi connectivity index (χ0v) is 38.3. The minimum absolute atomic E-state index is 0.0899. The molecule has 2 aliphatic rings. The summed E-state index contributed by atoms with van der Waals surface area (Å²) >= 11 is 0. The molecule has 6 aromatic carbocycles. The van der Waals surface area contributed by atoms with Crippen LogP contribution >= 0.6 is 0 Å². The first kappa shape index (κ1) is 47.7. The molecule has 0 radical (unpaired) electrons. The van der Waals surface area contributed by atoms with E-state index in [1.54, 1.807) is 0 Å². The maximum atomic E-state index is 13.0. The normalized spacial score (nSPS) is 24.3. The second kappa shape index (κ2) is 24.3. The molecule has 0 aliphatic carbocycles. The van der Waals surface area contributed by atoms with Crippen molar-refractivity contribution in [3.63, 3.8) is 0 Å². The molecular formula is C53H57O11S2+. The molecule has 9 atom stereocenters. The largest absolute Gasteiger partial charge is 0.397 e. The van der Waals surface area contributed by atoms with Crippen LogP contribution < -0.4 is 0 Å². The van der Waals surface area contributed by atoms with E-state index in [0.29, 0.717) is 32.2 Å². The van der Waals surface area contributed by atoms with E-state index < -0.39 is 58.1 Å². The van der Waals surface area contributed by atoms with Crippen LogP contribution in [-0.4, -0.2) is 79.2 Å². The number of hydrogen-bond acceptors (Lipinski definition) is 10. The fourth-order valence-electron chi connectivity index (χ4n) is 8.28. The Balaban J connectivity index is 1.14. The van der Waals surface area contributed by atoms with E-state index in [2.05, 4.69) is 0 Å². The summed E-state index contributed by atoms with van der Waals surface area (Å²) in [7, 11) is -5.66. The van der Waals surface area contributed by atoms with E-state index in [1.165, 1.54) is 0 Å². The van der Waals surface area contributed by atoms with Crippen molar-refractivity contribution in [3.8, 4) is 0 Å². The van der Waals surface area contributed by atoms with Gasteiger partial charge in [0, 0.05) is 10.9 Å². The smallest absolute Gasteiger partial charge is 0.371 e. The molecule has 0 saturated carbocycles. The van der Waals surface area contributed by atoms with Crippen LogP contribution in [0.5, 0.6) is 0 Å². The van der Waals surface area contributed by atoms with Crippen LogP contribution in [0.2, 0.25) is 0 Å². The van der Waals surface area contributed by atoms with Gasteiger partial charge in [0.05, 0.1) is 46.2 Å². The van der Waals surface area contributed by atoms with Crippen molar-refractivity contribution in [1.82, 2.24) is 0 Å². The summed E-state index contributed by atoms with van der Waals surface area (Å²) in [6.07, 6.45) is -6.24. The molecular weight excluding hydrogens is 877 g/mol. The second-order valence-electron chi connectivity index (χ2n) is 16.4. The van der Waals surface area contributed by atoms with Crippen molar-refractivity contribution in [2.75, 3.05) is 18.1 Å². The van der Waals surface area contributed by atoms with Crippen molar-refractivity contribution in [2.45, 2.75) is 87.8 Å². The molecule has 0 aromatic heterocycles. The van der Waals surface area contributed by atoms with Crippen LogP contribution in [0.25, 0.3) is 0 Å². The number of benzene rings is 6. The highest BCUT2D eigenvalue weighted by Gasteiger charge is 2.58. The third-order valence-electron chi connectivity index (χ3n) is 11.6. The van der Waals surface area contributed by atoms with Gasteiger partial charge in [-0.3, -0.25) is 4.55 Å². The Labute approximate surface area is 391 Å². The molecule has 6 aromatic rings. The van der Waals surface area contributed by atoms with Crippen LogP contribution in [-0.2, 0) is 98.3 Å². The van der Waals surface area contributed by atoms with Gasteiger partial charge in [0.15, 0.2) is 11.5 Å². The highest BCUT2D eigenvalue weighted by molar-refractivity contribution is 7.97. The van der Waals surface area contributed by atoms with Crippen LogP contribution in [0.15, 0.2) is 182 Å². The first-order valence-electron chi connectivity index (χ1n) is 22.2. The molecule has 66 heavy (non-hydrogen) atoms. The van der Waals surface area contributed by atoms with E-state index in [0.717, 1.165) is 33.4 Å². The molecule has 1 unspecified atom stereocenters. The van der Waals surface area contributed by atoms with Crippen LogP contribution in [0.1, 0.15) is 33.4 Å². The minimum atomic E-state index is -5.06. The molecule has 0 spiro atoms. The van der Waals surface area contributed by atoms with Gasteiger partial charge in [-0.05, 0) is 33.4 Å². The minimum Gasteiger partial charge on any atom is -0.371 e. The fourth-order valence-corrected chi connectivity index (χ4v) is 11.7. The molecule has 13 heteroatoms. The van der Waals surface area contributed by atoms with Gasteiger partial charge >= 0.3 is 10.4 Å². The third-order valence-corrected chi connectivity index (χ3v) is 14.8. The van der Waals surface area contributed by atoms with E-state index in [1.807, 2.05) is 182 Å². The van der Waals surface area contributed by atoms with Crippen molar-refractivity contribution >= 4 is 21.3 Å². The van der Waals surface area contributed by atoms with Gasteiger partial charge in [0.25, 0.3) is 0 Å². The maximum Gasteiger partial charge on any atom is 0.397 e. The van der Waals surface area contributed by atoms with Crippen LogP contribution in [0.4, 0.5) is 0 Å². The van der Waals surface area contributed by atoms with E-state index in [9.17, 15) is 13.0 Å². The van der Waals surface area contributed by atoms with E-state index in [4.69, 9.17) is 37.3 Å². The summed E-state index contributed by atoms with van der Waals surface area (Å²) in [6.45, 7) is 1.82. The van der Waals surface area contributed by atoms with Gasteiger partial charge in [-0.15, -0.1) is 0 Å². The molecule has 8 rings (SSSR count). The van der Waals surface area contributed by atoms with E-state index >= 15 is 0 Å². The van der Waals surface area contributed by atoms with Crippen molar-refractivity contribution in [1.29, 1.82) is 0 Å². The zero-order valence-electron chi connectivity index (χ0n) is 36.6. The number of hydrogen-bond donors (Lipinski definition) is 1. The lowest BCUT2D eigenvalue weighted by Crippen LogP contribution is -2.62. The summed E-state index contributed by atoms with van der Waals surface area (Å²) in [5, 5.41) is -0.215. The van der Waals surface area contributed by atoms with Gasteiger partial charge < -0.3 is 33.2 Å². The highest BCUT2D eigenvalue weighted by atomic mass is 32.3. The van der Waals surface area contributed by atoms with Gasteiger partial charge in [-0.25, -0.2) is 4.18 Å². The van der Waals surface area contributed by atoms with Gasteiger partial charge in [-0.1, -0.05) is 182 Å². The standard InChI is InChI=1S/C53H56O11S2/c54-66(55,56)64-50-47(63-53(62-36-45-29-17-6-18-30-45)52(61-35-44-27-15-5-16-28-44)51(50)60-34-43-25-13-4-14-26-43)39-65-38-46(58-32-41-21-9-2-10-22-41)49(59-33-42-23-11-3-12-24-42)48(65)37-57-31-40-19-7-1-8-20-40/h1-30,46-53H,31-39H2/p+1/t46-,47-,48-,49+,50+,51+,52-,53-,65?/m1/s1. The fraction of sp³-hybridized carbons (Fsp3) is 0.321. The lowest BCUT2D eigenvalue weighted by atomic mass is 9.99. The van der Waals surface area contributed by atoms with Crippen molar-refractivity contribution in [3.05, 3.63) is 215 Å². The second-order valence-corrected chi connectivity index (χ2v) is 19.8. The van der Waals surface area contributed by atoms with Gasteiger partial charge in [0.1, 0.15) is 48.1 Å². The predicted molar refractivity (Wildman–Crippen MR) is 253 cm³/mol. The Kier molecular flexibility index (Phi) is 17.6.